The van der Waals surface area contributed by atoms with Crippen LogP contribution in [0.4, 0.5) is 5.69 Å². The third kappa shape index (κ3) is 4.68. The molecule has 37 heavy (non-hydrogen) atoms. The van der Waals surface area contributed by atoms with Crippen LogP contribution in [0.3, 0.4) is 0 Å². The third-order valence-corrected chi connectivity index (χ3v) is 10.4. The molecular weight excluding hydrogens is 508 g/mol. The van der Waals surface area contributed by atoms with E-state index >= 15 is 0 Å². The smallest absolute Gasteiger partial charge is 0.229 e. The van der Waals surface area contributed by atoms with Crippen LogP contribution in [0, 0.1) is 23.2 Å². The summed E-state index contributed by atoms with van der Waals surface area (Å²) in [6, 6.07) is 13.1. The van der Waals surface area contributed by atoms with E-state index in [0.29, 0.717) is 29.0 Å². The van der Waals surface area contributed by atoms with Crippen molar-refractivity contribution in [2.24, 2.45) is 23.2 Å². The Morgan fingerprint density at radius 1 is 1.08 bits per heavy atom. The van der Waals surface area contributed by atoms with Crippen molar-refractivity contribution < 1.29 is 18.3 Å². The number of anilines is 1. The lowest BCUT2D eigenvalue weighted by Crippen LogP contribution is -2.64. The van der Waals surface area contributed by atoms with Crippen LogP contribution >= 0.6 is 11.6 Å². The van der Waals surface area contributed by atoms with E-state index in [1.54, 1.807) is 12.1 Å². The van der Waals surface area contributed by atoms with Gasteiger partial charge in [0.05, 0.1) is 6.26 Å². The Balaban J connectivity index is 1.18. The van der Waals surface area contributed by atoms with E-state index in [1.165, 1.54) is 6.42 Å². The number of rotatable bonds is 7. The molecular formula is C29H35ClN2O4S. The molecule has 5 fully saturated rings. The molecule has 2 aromatic rings. The minimum absolute atomic E-state index is 0.0235. The molecule has 4 aliphatic carbocycles. The number of benzene rings is 2. The maximum atomic E-state index is 13.7. The van der Waals surface area contributed by atoms with Crippen molar-refractivity contribution in [2.75, 3.05) is 24.1 Å². The molecule has 2 N–H and O–H groups in total. The van der Waals surface area contributed by atoms with E-state index in [4.69, 9.17) is 11.6 Å². The van der Waals surface area contributed by atoms with Gasteiger partial charge < -0.3 is 10.0 Å². The second-order valence-corrected chi connectivity index (χ2v) is 14.4. The van der Waals surface area contributed by atoms with Gasteiger partial charge in [-0.25, -0.2) is 8.42 Å². The molecule has 8 heteroatoms. The van der Waals surface area contributed by atoms with Crippen LogP contribution < -0.4 is 4.72 Å². The minimum Gasteiger partial charge on any atom is -0.396 e. The van der Waals surface area contributed by atoms with Crippen LogP contribution in [0.5, 0.6) is 0 Å². The summed E-state index contributed by atoms with van der Waals surface area (Å²) in [5, 5.41) is 10.9. The number of aliphatic hydroxyl groups is 1. The quantitative estimate of drug-likeness (QED) is 0.509. The van der Waals surface area contributed by atoms with Gasteiger partial charge in [-0.3, -0.25) is 9.52 Å². The van der Waals surface area contributed by atoms with Crippen molar-refractivity contribution in [1.82, 2.24) is 4.90 Å². The summed E-state index contributed by atoms with van der Waals surface area (Å²) in [6.07, 6.45) is 9.29. The number of likely N-dealkylation sites (tertiary alicyclic amines) is 1. The topological polar surface area (TPSA) is 86.7 Å². The minimum atomic E-state index is -3.36. The van der Waals surface area contributed by atoms with E-state index in [0.717, 1.165) is 68.0 Å². The molecule has 1 saturated heterocycles. The van der Waals surface area contributed by atoms with E-state index < -0.39 is 10.0 Å². The van der Waals surface area contributed by atoms with Crippen LogP contribution in [0.15, 0.2) is 42.5 Å². The molecule has 2 aromatic carbocycles. The summed E-state index contributed by atoms with van der Waals surface area (Å²) in [5.41, 5.74) is 3.20. The van der Waals surface area contributed by atoms with Crippen molar-refractivity contribution in [3.05, 3.63) is 53.1 Å². The van der Waals surface area contributed by atoms with E-state index in [1.807, 2.05) is 30.3 Å². The first-order chi connectivity index (χ1) is 17.6. The van der Waals surface area contributed by atoms with Crippen molar-refractivity contribution in [3.8, 4) is 11.1 Å². The van der Waals surface area contributed by atoms with Crippen molar-refractivity contribution in [2.45, 2.75) is 56.9 Å². The normalized spacial score (nSPS) is 32.8. The second-order valence-electron chi connectivity index (χ2n) is 12.3. The number of hydrogen-bond acceptors (Lipinski definition) is 4. The zero-order valence-corrected chi connectivity index (χ0v) is 22.8. The molecule has 1 amide bonds. The van der Waals surface area contributed by atoms with Gasteiger partial charge in [0.2, 0.25) is 15.9 Å². The van der Waals surface area contributed by atoms with Gasteiger partial charge in [0.1, 0.15) is 0 Å². The Morgan fingerprint density at radius 3 is 2.49 bits per heavy atom. The zero-order chi connectivity index (χ0) is 26.0. The molecule has 6 nitrogen and oxygen atoms in total. The van der Waals surface area contributed by atoms with Gasteiger partial charge >= 0.3 is 0 Å². The summed E-state index contributed by atoms with van der Waals surface area (Å²) in [7, 11) is -3.36. The molecule has 1 aliphatic heterocycles. The average Bonchev–Trinajstić information content (AvgIpc) is 3.19. The van der Waals surface area contributed by atoms with Gasteiger partial charge in [-0.05, 0) is 104 Å². The number of carbonyl (C=O) groups is 1. The Hall–Kier alpha value is -2.09. The molecule has 3 atom stereocenters. The zero-order valence-electron chi connectivity index (χ0n) is 21.2. The molecule has 0 radical (unpaired) electrons. The summed E-state index contributed by atoms with van der Waals surface area (Å²) in [4.78, 5) is 15.9. The lowest BCUT2D eigenvalue weighted by atomic mass is 9.46. The van der Waals surface area contributed by atoms with E-state index in [2.05, 4.69) is 9.62 Å². The molecule has 0 spiro atoms. The van der Waals surface area contributed by atoms with Crippen LogP contribution in [0.25, 0.3) is 11.1 Å². The standard InChI is InChI=1S/C29H35ClN2O4S/c1-37(35,36)31-25-4-2-3-21(11-25)22-5-6-23(26(30)12-22)10-24-7-8-32(27(24)34)29-15-19-9-20(16-29)14-28(13-19,17-29)18-33/h2-6,11-12,19-20,24,31,33H,7-10,13-18H2,1H3. The van der Waals surface area contributed by atoms with Crippen LogP contribution in [0.2, 0.25) is 5.02 Å². The molecule has 5 aliphatic rings. The predicted octanol–water partition coefficient (Wildman–Crippen LogP) is 5.10. The molecule has 7 rings (SSSR count). The number of aliphatic hydroxyl groups excluding tert-OH is 1. The Kier molecular flexibility index (Phi) is 6.12. The summed E-state index contributed by atoms with van der Waals surface area (Å²) in [5.74, 6) is 1.49. The number of hydrogen-bond donors (Lipinski definition) is 2. The Labute approximate surface area is 224 Å². The lowest BCUT2D eigenvalue weighted by molar-refractivity contribution is -0.163. The monoisotopic (exact) mass is 542 g/mol. The number of nitrogens with one attached hydrogen (secondary N) is 1. The Morgan fingerprint density at radius 2 is 1.81 bits per heavy atom. The number of amides is 1. The van der Waals surface area contributed by atoms with Crippen molar-refractivity contribution >= 4 is 33.2 Å². The van der Waals surface area contributed by atoms with E-state index in [-0.39, 0.29) is 29.4 Å². The second kappa shape index (κ2) is 8.99. The number of sulfonamides is 1. The average molecular weight is 543 g/mol. The first-order valence-corrected chi connectivity index (χ1v) is 15.6. The fourth-order valence-corrected chi connectivity index (χ4v) is 9.25. The highest BCUT2D eigenvalue weighted by Crippen LogP contribution is 2.63. The molecule has 1 heterocycles. The SMILES string of the molecule is CS(=O)(=O)Nc1cccc(-c2ccc(CC3CCN(C45CC6CC(CC(CO)(C6)C4)C5)C3=O)c(Cl)c2)c1. The number of carbonyl (C=O) groups excluding carboxylic acids is 1. The van der Waals surface area contributed by atoms with Gasteiger partial charge in [0.25, 0.3) is 0 Å². The number of halogens is 1. The fourth-order valence-electron chi connectivity index (χ4n) is 8.44. The molecule has 4 bridgehead atoms. The predicted molar refractivity (Wildman–Crippen MR) is 146 cm³/mol. The maximum Gasteiger partial charge on any atom is 0.229 e. The van der Waals surface area contributed by atoms with Crippen molar-refractivity contribution in [1.29, 1.82) is 0 Å². The first kappa shape index (κ1) is 25.2. The third-order valence-electron chi connectivity index (χ3n) is 9.39. The van der Waals surface area contributed by atoms with E-state index in [9.17, 15) is 18.3 Å². The molecule has 4 saturated carbocycles. The van der Waals surface area contributed by atoms with Crippen LogP contribution in [-0.2, 0) is 21.2 Å². The van der Waals surface area contributed by atoms with Gasteiger partial charge in [-0.2, -0.15) is 0 Å². The fraction of sp³-hybridized carbons (Fsp3) is 0.552. The highest BCUT2D eigenvalue weighted by atomic mass is 35.5. The van der Waals surface area contributed by atoms with Crippen molar-refractivity contribution in [3.63, 3.8) is 0 Å². The summed E-state index contributed by atoms with van der Waals surface area (Å²) < 4.78 is 25.7. The van der Waals surface area contributed by atoms with Crippen LogP contribution in [0.1, 0.15) is 50.5 Å². The highest BCUT2D eigenvalue weighted by Gasteiger charge is 2.61. The maximum absolute atomic E-state index is 13.7. The largest absolute Gasteiger partial charge is 0.396 e. The lowest BCUT2D eigenvalue weighted by Gasteiger charge is -2.64. The van der Waals surface area contributed by atoms with Gasteiger partial charge in [-0.15, -0.1) is 0 Å². The van der Waals surface area contributed by atoms with Gasteiger partial charge in [0, 0.05) is 35.3 Å². The van der Waals surface area contributed by atoms with Gasteiger partial charge in [-0.1, -0.05) is 35.9 Å². The molecule has 3 unspecified atom stereocenters. The first-order valence-electron chi connectivity index (χ1n) is 13.4. The number of nitrogens with zero attached hydrogens (tertiary/aromatic N) is 1. The molecule has 0 aromatic heterocycles. The molecule has 198 valence electrons. The van der Waals surface area contributed by atoms with Gasteiger partial charge in [0.15, 0.2) is 0 Å². The summed E-state index contributed by atoms with van der Waals surface area (Å²) >= 11 is 6.72. The Bertz CT molecular complexity index is 1330. The van der Waals surface area contributed by atoms with Crippen LogP contribution in [-0.4, -0.2) is 49.3 Å². The summed E-state index contributed by atoms with van der Waals surface area (Å²) in [6.45, 7) is 1.06. The highest BCUT2D eigenvalue weighted by molar-refractivity contribution is 7.92.